The van der Waals surface area contributed by atoms with Crippen molar-refractivity contribution in [3.05, 3.63) is 57.3 Å². The molecule has 4 nitrogen and oxygen atoms in total. The van der Waals surface area contributed by atoms with Crippen molar-refractivity contribution in [2.45, 2.75) is 6.92 Å². The first-order valence-electron chi connectivity index (χ1n) is 6.64. The maximum absolute atomic E-state index is 12.4. The van der Waals surface area contributed by atoms with Gasteiger partial charge < -0.3 is 9.88 Å². The molecule has 0 atom stereocenters. The molecule has 0 fully saturated rings. The van der Waals surface area contributed by atoms with E-state index >= 15 is 0 Å². The first-order chi connectivity index (χ1) is 10.5. The molecule has 3 aromatic rings. The van der Waals surface area contributed by atoms with E-state index in [1.54, 1.807) is 0 Å². The SMILES string of the molecule is Cc1ccc(NC(=O)c2cnc3c(c(Br)cn3C)c2Cl)cc1. The van der Waals surface area contributed by atoms with E-state index in [0.717, 1.165) is 26.8 Å². The first kappa shape index (κ1) is 15.1. The lowest BCUT2D eigenvalue weighted by molar-refractivity contribution is 0.102. The van der Waals surface area contributed by atoms with E-state index in [1.165, 1.54) is 6.20 Å². The lowest BCUT2D eigenvalue weighted by Crippen LogP contribution is -2.13. The molecule has 0 saturated heterocycles. The minimum absolute atomic E-state index is 0.279. The molecular formula is C16H13BrClN3O. The number of rotatable bonds is 2. The number of aryl methyl sites for hydroxylation is 2. The fraction of sp³-hybridized carbons (Fsp3) is 0.125. The van der Waals surface area contributed by atoms with Crippen LogP contribution in [0.2, 0.25) is 5.02 Å². The Labute approximate surface area is 141 Å². The third-order valence-electron chi connectivity index (χ3n) is 3.43. The summed E-state index contributed by atoms with van der Waals surface area (Å²) >= 11 is 9.85. The van der Waals surface area contributed by atoms with Gasteiger partial charge in [0.2, 0.25) is 0 Å². The van der Waals surface area contributed by atoms with Gasteiger partial charge in [-0.25, -0.2) is 4.98 Å². The molecule has 2 heterocycles. The molecule has 0 radical (unpaired) electrons. The van der Waals surface area contributed by atoms with Gasteiger partial charge in [0, 0.05) is 29.6 Å². The van der Waals surface area contributed by atoms with Crippen molar-refractivity contribution >= 4 is 50.2 Å². The quantitative estimate of drug-likeness (QED) is 0.711. The van der Waals surface area contributed by atoms with Crippen molar-refractivity contribution < 1.29 is 4.79 Å². The average molecular weight is 379 g/mol. The number of fused-ring (bicyclic) bond motifs is 1. The van der Waals surface area contributed by atoms with Gasteiger partial charge in [-0.2, -0.15) is 0 Å². The molecule has 6 heteroatoms. The number of halogens is 2. The normalized spacial score (nSPS) is 10.9. The van der Waals surface area contributed by atoms with E-state index < -0.39 is 0 Å². The van der Waals surface area contributed by atoms with Crippen LogP contribution in [0.4, 0.5) is 5.69 Å². The molecule has 0 saturated carbocycles. The number of anilines is 1. The predicted molar refractivity (Wildman–Crippen MR) is 92.6 cm³/mol. The zero-order valence-corrected chi connectivity index (χ0v) is 14.4. The average Bonchev–Trinajstić information content (AvgIpc) is 2.77. The Morgan fingerprint density at radius 1 is 1.32 bits per heavy atom. The number of benzene rings is 1. The molecule has 3 rings (SSSR count). The highest BCUT2D eigenvalue weighted by Gasteiger charge is 2.18. The minimum atomic E-state index is -0.279. The molecule has 1 N–H and O–H groups in total. The number of pyridine rings is 1. The highest BCUT2D eigenvalue weighted by Crippen LogP contribution is 2.33. The summed E-state index contributed by atoms with van der Waals surface area (Å²) in [5.74, 6) is -0.279. The Morgan fingerprint density at radius 2 is 2.00 bits per heavy atom. The zero-order chi connectivity index (χ0) is 15.9. The highest BCUT2D eigenvalue weighted by atomic mass is 79.9. The Morgan fingerprint density at radius 3 is 2.68 bits per heavy atom. The van der Waals surface area contributed by atoms with Gasteiger partial charge >= 0.3 is 0 Å². The molecule has 0 aliphatic carbocycles. The van der Waals surface area contributed by atoms with E-state index in [4.69, 9.17) is 11.6 Å². The fourth-order valence-corrected chi connectivity index (χ4v) is 3.37. The molecule has 0 spiro atoms. The van der Waals surface area contributed by atoms with Crippen LogP contribution < -0.4 is 5.32 Å². The van der Waals surface area contributed by atoms with Crippen LogP contribution in [-0.2, 0) is 7.05 Å². The van der Waals surface area contributed by atoms with Crippen LogP contribution in [0.25, 0.3) is 11.0 Å². The Bertz CT molecular complexity index is 871. The standard InChI is InChI=1S/C16H13BrClN3O/c1-9-3-5-10(6-4-9)20-16(22)11-7-19-15-13(14(11)18)12(17)8-21(15)2/h3-8H,1-2H3,(H,20,22). The Hall–Kier alpha value is -1.85. The summed E-state index contributed by atoms with van der Waals surface area (Å²) in [7, 11) is 1.88. The van der Waals surface area contributed by atoms with Crippen LogP contribution >= 0.6 is 27.5 Å². The highest BCUT2D eigenvalue weighted by molar-refractivity contribution is 9.10. The Balaban J connectivity index is 1.99. The maximum atomic E-state index is 12.4. The predicted octanol–water partition coefficient (Wildman–Crippen LogP) is 4.55. The molecule has 22 heavy (non-hydrogen) atoms. The molecule has 1 amide bonds. The molecular weight excluding hydrogens is 366 g/mol. The van der Waals surface area contributed by atoms with Crippen LogP contribution in [0.5, 0.6) is 0 Å². The summed E-state index contributed by atoms with van der Waals surface area (Å²) in [6.07, 6.45) is 3.37. The van der Waals surface area contributed by atoms with Gasteiger partial charge in [0.1, 0.15) is 5.65 Å². The van der Waals surface area contributed by atoms with Gasteiger partial charge in [0.05, 0.1) is 16.0 Å². The smallest absolute Gasteiger partial charge is 0.258 e. The van der Waals surface area contributed by atoms with Crippen molar-refractivity contribution in [3.8, 4) is 0 Å². The number of nitrogens with zero attached hydrogens (tertiary/aromatic N) is 2. The minimum Gasteiger partial charge on any atom is -0.334 e. The largest absolute Gasteiger partial charge is 0.334 e. The monoisotopic (exact) mass is 377 g/mol. The number of hydrogen-bond donors (Lipinski definition) is 1. The molecule has 0 aliphatic rings. The number of nitrogens with one attached hydrogen (secondary N) is 1. The van der Waals surface area contributed by atoms with E-state index in [-0.39, 0.29) is 5.91 Å². The van der Waals surface area contributed by atoms with Gasteiger partial charge in [-0.1, -0.05) is 29.3 Å². The van der Waals surface area contributed by atoms with Gasteiger partial charge in [-0.05, 0) is 35.0 Å². The van der Waals surface area contributed by atoms with Crippen LogP contribution in [0.1, 0.15) is 15.9 Å². The Kier molecular flexibility index (Phi) is 3.93. The number of amides is 1. The number of carbonyl (C=O) groups is 1. The topological polar surface area (TPSA) is 46.9 Å². The van der Waals surface area contributed by atoms with Crippen molar-refractivity contribution in [2.24, 2.45) is 7.05 Å². The number of aromatic nitrogens is 2. The lowest BCUT2D eigenvalue weighted by Gasteiger charge is -2.08. The summed E-state index contributed by atoms with van der Waals surface area (Å²) in [5, 5.41) is 3.96. The summed E-state index contributed by atoms with van der Waals surface area (Å²) in [4.78, 5) is 16.8. The molecule has 2 aromatic heterocycles. The van der Waals surface area contributed by atoms with E-state index in [9.17, 15) is 4.79 Å². The third-order valence-corrected chi connectivity index (χ3v) is 4.42. The van der Waals surface area contributed by atoms with Gasteiger partial charge in [0.15, 0.2) is 0 Å². The van der Waals surface area contributed by atoms with E-state index in [0.29, 0.717) is 10.6 Å². The van der Waals surface area contributed by atoms with Crippen LogP contribution in [0, 0.1) is 6.92 Å². The van der Waals surface area contributed by atoms with Crippen LogP contribution in [0.3, 0.4) is 0 Å². The summed E-state index contributed by atoms with van der Waals surface area (Å²) in [6, 6.07) is 7.58. The molecule has 0 bridgehead atoms. The summed E-state index contributed by atoms with van der Waals surface area (Å²) < 4.78 is 2.67. The van der Waals surface area contributed by atoms with Crippen molar-refractivity contribution in [1.29, 1.82) is 0 Å². The number of carbonyl (C=O) groups excluding carboxylic acids is 1. The second-order valence-electron chi connectivity index (χ2n) is 5.09. The van der Waals surface area contributed by atoms with Crippen LogP contribution in [0.15, 0.2) is 41.1 Å². The molecule has 0 aliphatic heterocycles. The molecule has 0 unspecified atom stereocenters. The lowest BCUT2D eigenvalue weighted by atomic mass is 10.2. The summed E-state index contributed by atoms with van der Waals surface area (Å²) in [5.41, 5.74) is 2.93. The zero-order valence-electron chi connectivity index (χ0n) is 12.0. The van der Waals surface area contributed by atoms with Gasteiger partial charge in [0.25, 0.3) is 5.91 Å². The van der Waals surface area contributed by atoms with Gasteiger partial charge in [-0.3, -0.25) is 4.79 Å². The molecule has 112 valence electrons. The van der Waals surface area contributed by atoms with Gasteiger partial charge in [-0.15, -0.1) is 0 Å². The fourth-order valence-electron chi connectivity index (χ4n) is 2.25. The maximum Gasteiger partial charge on any atom is 0.258 e. The third kappa shape index (κ3) is 2.62. The first-order valence-corrected chi connectivity index (χ1v) is 7.81. The molecule has 1 aromatic carbocycles. The van der Waals surface area contributed by atoms with Crippen LogP contribution in [-0.4, -0.2) is 15.5 Å². The number of hydrogen-bond acceptors (Lipinski definition) is 2. The second kappa shape index (κ2) is 5.74. The summed E-state index contributed by atoms with van der Waals surface area (Å²) in [6.45, 7) is 1.99. The van der Waals surface area contributed by atoms with Crippen molar-refractivity contribution in [3.63, 3.8) is 0 Å². The van der Waals surface area contributed by atoms with E-state index in [1.807, 2.05) is 49.0 Å². The second-order valence-corrected chi connectivity index (χ2v) is 6.32. The van der Waals surface area contributed by atoms with Crippen molar-refractivity contribution in [1.82, 2.24) is 9.55 Å². The van der Waals surface area contributed by atoms with Crippen molar-refractivity contribution in [2.75, 3.05) is 5.32 Å². The van der Waals surface area contributed by atoms with E-state index in [2.05, 4.69) is 26.2 Å².